The van der Waals surface area contributed by atoms with E-state index < -0.39 is 0 Å². The molecule has 3 nitrogen and oxygen atoms in total. The van der Waals surface area contributed by atoms with Crippen molar-refractivity contribution in [3.05, 3.63) is 11.5 Å². The van der Waals surface area contributed by atoms with Gasteiger partial charge in [-0.2, -0.15) is 0 Å². The van der Waals surface area contributed by atoms with E-state index in [1.807, 2.05) is 34.6 Å². The van der Waals surface area contributed by atoms with Gasteiger partial charge in [0.2, 0.25) is 0 Å². The fourth-order valence-electron chi connectivity index (χ4n) is 1.27. The van der Waals surface area contributed by atoms with Crippen molar-refractivity contribution >= 4 is 7.12 Å². The molecule has 0 aliphatic carbocycles. The van der Waals surface area contributed by atoms with Crippen molar-refractivity contribution in [2.45, 2.75) is 45.8 Å². The first kappa shape index (κ1) is 11.8. The van der Waals surface area contributed by atoms with E-state index in [0.717, 1.165) is 5.47 Å². The molecule has 4 heteroatoms. The molecule has 0 aromatic heterocycles. The average molecular weight is 198 g/mol. The second kappa shape index (κ2) is 3.68. The second-order valence-electron chi connectivity index (χ2n) is 4.72. The van der Waals surface area contributed by atoms with Crippen LogP contribution in [0.15, 0.2) is 11.5 Å². The van der Waals surface area contributed by atoms with Crippen LogP contribution in [-0.4, -0.2) is 30.0 Å². The van der Waals surface area contributed by atoms with E-state index >= 15 is 0 Å². The summed E-state index contributed by atoms with van der Waals surface area (Å²) in [5.41, 5.74) is 0.316. The third-order valence-electron chi connectivity index (χ3n) is 3.04. The van der Waals surface area contributed by atoms with E-state index in [-0.39, 0.29) is 24.9 Å². The minimum atomic E-state index is -0.327. The van der Waals surface area contributed by atoms with E-state index in [2.05, 4.69) is 0 Å². The Balaban J connectivity index is 2.78. The lowest BCUT2D eigenvalue weighted by Gasteiger charge is -2.32. The lowest BCUT2D eigenvalue weighted by Crippen LogP contribution is -2.41. The lowest BCUT2D eigenvalue weighted by molar-refractivity contribution is 0.00578. The van der Waals surface area contributed by atoms with Gasteiger partial charge in [0, 0.05) is 0 Å². The van der Waals surface area contributed by atoms with Gasteiger partial charge in [-0.15, -0.1) is 0 Å². The molecule has 0 bridgehead atoms. The molecule has 0 unspecified atom stereocenters. The van der Waals surface area contributed by atoms with Crippen LogP contribution in [0.3, 0.4) is 0 Å². The lowest BCUT2D eigenvalue weighted by atomic mass is 9.79. The van der Waals surface area contributed by atoms with E-state index in [1.165, 1.54) is 0 Å². The first-order valence-corrected chi connectivity index (χ1v) is 4.93. The summed E-state index contributed by atoms with van der Waals surface area (Å²) in [5, 5.41) is 8.77. The minimum absolute atomic E-state index is 0.0237. The normalized spacial score (nSPS) is 25.6. The first-order valence-electron chi connectivity index (χ1n) is 4.93. The SMILES string of the molecule is C/C(=C\CO)B1OC(C)(C)C(C)(C)O1. The fraction of sp³-hybridized carbons (Fsp3) is 0.800. The number of aliphatic hydroxyl groups is 1. The molecule has 1 aliphatic heterocycles. The maximum absolute atomic E-state index is 8.77. The molecule has 0 atom stereocenters. The average Bonchev–Trinajstić information content (AvgIpc) is 2.22. The van der Waals surface area contributed by atoms with Gasteiger partial charge in [0.15, 0.2) is 0 Å². The van der Waals surface area contributed by atoms with Crippen LogP contribution in [0.5, 0.6) is 0 Å². The van der Waals surface area contributed by atoms with Crippen LogP contribution in [0.4, 0.5) is 0 Å². The van der Waals surface area contributed by atoms with Gasteiger partial charge in [0.25, 0.3) is 0 Å². The van der Waals surface area contributed by atoms with Crippen LogP contribution in [0, 0.1) is 0 Å². The largest absolute Gasteiger partial charge is 0.490 e. The Kier molecular flexibility index (Phi) is 3.09. The summed E-state index contributed by atoms with van der Waals surface area (Å²) in [4.78, 5) is 0. The molecule has 1 fully saturated rings. The summed E-state index contributed by atoms with van der Waals surface area (Å²) < 4.78 is 11.6. The highest BCUT2D eigenvalue weighted by atomic mass is 16.7. The third kappa shape index (κ3) is 2.02. The standard InChI is InChI=1S/C10H19BO3/c1-8(6-7-12)11-13-9(2,3)10(4,5)14-11/h6,12H,7H2,1-5H3/b8-6+. The summed E-state index contributed by atoms with van der Waals surface area (Å²) in [6, 6.07) is 0. The highest BCUT2D eigenvalue weighted by Gasteiger charge is 2.51. The van der Waals surface area contributed by atoms with Gasteiger partial charge in [-0.1, -0.05) is 6.08 Å². The van der Waals surface area contributed by atoms with Crippen LogP contribution >= 0.6 is 0 Å². The number of hydrogen-bond acceptors (Lipinski definition) is 3. The molecule has 1 rings (SSSR count). The quantitative estimate of drug-likeness (QED) is 0.684. The molecule has 0 radical (unpaired) electrons. The molecule has 0 amide bonds. The highest BCUT2D eigenvalue weighted by Crippen LogP contribution is 2.38. The van der Waals surface area contributed by atoms with Gasteiger partial charge in [-0.3, -0.25) is 0 Å². The molecular weight excluding hydrogens is 179 g/mol. The number of aliphatic hydroxyl groups excluding tert-OH is 1. The van der Waals surface area contributed by atoms with Crippen molar-refractivity contribution in [1.29, 1.82) is 0 Å². The Morgan fingerprint density at radius 1 is 1.21 bits per heavy atom. The summed E-state index contributed by atoms with van der Waals surface area (Å²) in [5.74, 6) is 0. The maximum Gasteiger partial charge on any atom is 0.490 e. The Morgan fingerprint density at radius 2 is 1.64 bits per heavy atom. The zero-order valence-electron chi connectivity index (χ0n) is 9.63. The molecule has 0 aromatic carbocycles. The zero-order chi connectivity index (χ0) is 11.0. The van der Waals surface area contributed by atoms with Crippen LogP contribution in [0.2, 0.25) is 0 Å². The highest BCUT2D eigenvalue weighted by molar-refractivity contribution is 6.54. The molecule has 80 valence electrons. The zero-order valence-corrected chi connectivity index (χ0v) is 9.63. The predicted molar refractivity (Wildman–Crippen MR) is 56.9 cm³/mol. The Hall–Kier alpha value is -0.315. The van der Waals surface area contributed by atoms with Crippen LogP contribution < -0.4 is 0 Å². The summed E-state index contributed by atoms with van der Waals surface area (Å²) >= 11 is 0. The van der Waals surface area contributed by atoms with E-state index in [9.17, 15) is 0 Å². The van der Waals surface area contributed by atoms with Crippen LogP contribution in [0.25, 0.3) is 0 Å². The summed E-state index contributed by atoms with van der Waals surface area (Å²) in [7, 11) is -0.327. The monoisotopic (exact) mass is 198 g/mol. The minimum Gasteiger partial charge on any atom is -0.400 e. The van der Waals surface area contributed by atoms with Crippen molar-refractivity contribution in [3.8, 4) is 0 Å². The Morgan fingerprint density at radius 3 is 2.00 bits per heavy atom. The van der Waals surface area contributed by atoms with Gasteiger partial charge in [-0.25, -0.2) is 0 Å². The third-order valence-corrected chi connectivity index (χ3v) is 3.04. The van der Waals surface area contributed by atoms with E-state index in [4.69, 9.17) is 14.4 Å². The van der Waals surface area contributed by atoms with Crippen molar-refractivity contribution in [1.82, 2.24) is 0 Å². The fourth-order valence-corrected chi connectivity index (χ4v) is 1.27. The van der Waals surface area contributed by atoms with Crippen molar-refractivity contribution in [2.75, 3.05) is 6.61 Å². The van der Waals surface area contributed by atoms with Gasteiger partial charge in [0.1, 0.15) is 0 Å². The number of hydrogen-bond donors (Lipinski definition) is 1. The number of allylic oxidation sites excluding steroid dienone is 1. The smallest absolute Gasteiger partial charge is 0.400 e. The molecule has 1 aliphatic rings. The molecule has 0 saturated carbocycles. The Labute approximate surface area is 86.2 Å². The summed E-state index contributed by atoms with van der Waals surface area (Å²) in [6.07, 6.45) is 1.71. The molecule has 0 spiro atoms. The van der Waals surface area contributed by atoms with Gasteiger partial charge < -0.3 is 14.4 Å². The van der Waals surface area contributed by atoms with Gasteiger partial charge >= 0.3 is 7.12 Å². The van der Waals surface area contributed by atoms with Crippen molar-refractivity contribution in [3.63, 3.8) is 0 Å². The maximum atomic E-state index is 8.77. The molecule has 1 N–H and O–H groups in total. The molecule has 14 heavy (non-hydrogen) atoms. The molecule has 0 aromatic rings. The molecular formula is C10H19BO3. The van der Waals surface area contributed by atoms with Crippen molar-refractivity contribution < 1.29 is 14.4 Å². The molecule has 1 saturated heterocycles. The Bertz CT molecular complexity index is 230. The van der Waals surface area contributed by atoms with Gasteiger partial charge in [0.05, 0.1) is 17.8 Å². The predicted octanol–water partition coefficient (Wildman–Crippen LogP) is 1.56. The second-order valence-corrected chi connectivity index (χ2v) is 4.72. The summed E-state index contributed by atoms with van der Waals surface area (Å²) in [6.45, 7) is 9.98. The van der Waals surface area contributed by atoms with Crippen LogP contribution in [0.1, 0.15) is 34.6 Å². The van der Waals surface area contributed by atoms with E-state index in [0.29, 0.717) is 0 Å². The molecule has 1 heterocycles. The van der Waals surface area contributed by atoms with Crippen LogP contribution in [-0.2, 0) is 9.31 Å². The van der Waals surface area contributed by atoms with E-state index in [1.54, 1.807) is 6.08 Å². The topological polar surface area (TPSA) is 38.7 Å². The number of rotatable bonds is 2. The first-order chi connectivity index (χ1) is 6.30. The van der Waals surface area contributed by atoms with Gasteiger partial charge in [-0.05, 0) is 40.1 Å². The van der Waals surface area contributed by atoms with Crippen molar-refractivity contribution in [2.24, 2.45) is 0 Å².